The third-order valence-corrected chi connectivity index (χ3v) is 2.81. The molecule has 0 unspecified atom stereocenters. The number of rotatable bonds is 5. The molecule has 0 bridgehead atoms. The Hall–Kier alpha value is -2.13. The van der Waals surface area contributed by atoms with Crippen LogP contribution < -0.4 is 4.74 Å². The maximum absolute atomic E-state index is 10.8. The molecule has 0 heterocycles. The zero-order chi connectivity index (χ0) is 13.7. The van der Waals surface area contributed by atoms with Crippen LogP contribution in [0.5, 0.6) is 11.5 Å². The van der Waals surface area contributed by atoms with Crippen LogP contribution in [0.3, 0.4) is 0 Å². The number of methoxy groups -OCH3 is 1. The number of benzene rings is 2. The zero-order valence-corrected chi connectivity index (χ0v) is 11.1. The fraction of sp³-hybridized carbons (Fsp3) is 0.188. The Morgan fingerprint density at radius 2 is 1.89 bits per heavy atom. The molecule has 0 saturated carbocycles. The zero-order valence-electron chi connectivity index (χ0n) is 11.1. The van der Waals surface area contributed by atoms with Crippen LogP contribution in [0.25, 0.3) is 0 Å². The van der Waals surface area contributed by atoms with E-state index in [0.717, 1.165) is 28.9 Å². The van der Waals surface area contributed by atoms with Gasteiger partial charge in [0.15, 0.2) is 0 Å². The van der Waals surface area contributed by atoms with E-state index in [-0.39, 0.29) is 0 Å². The highest BCUT2D eigenvalue weighted by Crippen LogP contribution is 2.24. The number of hydrogen-bond acceptors (Lipinski definition) is 3. The molecule has 3 nitrogen and oxygen atoms in total. The predicted octanol–water partition coefficient (Wildman–Crippen LogP) is 3.75. The molecule has 0 amide bonds. The highest BCUT2D eigenvalue weighted by molar-refractivity contribution is 5.77. The van der Waals surface area contributed by atoms with Crippen molar-refractivity contribution in [1.29, 1.82) is 0 Å². The molecule has 19 heavy (non-hydrogen) atoms. The minimum Gasteiger partial charge on any atom is -0.457 e. The summed E-state index contributed by atoms with van der Waals surface area (Å²) in [6, 6.07) is 13.1. The number of carbonyl (C=O) groups is 1. The van der Waals surface area contributed by atoms with Gasteiger partial charge < -0.3 is 9.47 Å². The Kier molecular flexibility index (Phi) is 4.31. The van der Waals surface area contributed by atoms with Crippen molar-refractivity contribution < 1.29 is 14.3 Å². The lowest BCUT2D eigenvalue weighted by molar-refractivity contribution is 0.112. The number of carbonyl (C=O) groups excluding carboxylic acids is 1. The van der Waals surface area contributed by atoms with E-state index in [1.807, 2.05) is 37.3 Å². The molecule has 2 rings (SSSR count). The van der Waals surface area contributed by atoms with Crippen LogP contribution in [0.1, 0.15) is 21.5 Å². The third-order valence-electron chi connectivity index (χ3n) is 2.81. The van der Waals surface area contributed by atoms with Crippen molar-refractivity contribution in [2.75, 3.05) is 7.11 Å². The molecule has 0 aromatic heterocycles. The van der Waals surface area contributed by atoms with Crippen LogP contribution in [-0.2, 0) is 11.3 Å². The summed E-state index contributed by atoms with van der Waals surface area (Å²) in [7, 11) is 1.66. The van der Waals surface area contributed by atoms with Crippen LogP contribution >= 0.6 is 0 Å². The second-order valence-corrected chi connectivity index (χ2v) is 4.32. The minimum absolute atomic E-state index is 0.556. The Labute approximate surface area is 112 Å². The van der Waals surface area contributed by atoms with E-state index >= 15 is 0 Å². The van der Waals surface area contributed by atoms with Gasteiger partial charge in [-0.1, -0.05) is 12.1 Å². The van der Waals surface area contributed by atoms with Crippen molar-refractivity contribution in [2.24, 2.45) is 0 Å². The smallest absolute Gasteiger partial charge is 0.150 e. The molecular formula is C16H16O3. The van der Waals surface area contributed by atoms with E-state index in [2.05, 4.69) is 0 Å². The first-order valence-electron chi connectivity index (χ1n) is 6.04. The summed E-state index contributed by atoms with van der Waals surface area (Å²) in [6.07, 6.45) is 0.846. The molecule has 0 aliphatic carbocycles. The van der Waals surface area contributed by atoms with E-state index in [9.17, 15) is 4.79 Å². The van der Waals surface area contributed by atoms with Gasteiger partial charge >= 0.3 is 0 Å². The van der Waals surface area contributed by atoms with E-state index in [4.69, 9.17) is 9.47 Å². The van der Waals surface area contributed by atoms with Crippen LogP contribution in [0.15, 0.2) is 42.5 Å². The van der Waals surface area contributed by atoms with Crippen molar-refractivity contribution in [1.82, 2.24) is 0 Å². The minimum atomic E-state index is 0.556. The van der Waals surface area contributed by atoms with Gasteiger partial charge in [0.1, 0.15) is 17.8 Å². The quantitative estimate of drug-likeness (QED) is 0.764. The second kappa shape index (κ2) is 6.16. The summed E-state index contributed by atoms with van der Waals surface area (Å²) >= 11 is 0. The first-order valence-corrected chi connectivity index (χ1v) is 6.04. The van der Waals surface area contributed by atoms with Crippen molar-refractivity contribution in [3.05, 3.63) is 59.2 Å². The average molecular weight is 256 g/mol. The lowest BCUT2D eigenvalue weighted by Crippen LogP contribution is -1.91. The van der Waals surface area contributed by atoms with Gasteiger partial charge in [-0.05, 0) is 48.4 Å². The standard InChI is InChI=1S/C16H16O3/c1-12-8-16(7-6-14(12)10-17)19-15-5-3-4-13(9-15)11-18-2/h3-10H,11H2,1-2H3. The Morgan fingerprint density at radius 3 is 2.58 bits per heavy atom. The van der Waals surface area contributed by atoms with Gasteiger partial charge in [0.05, 0.1) is 6.61 Å². The number of hydrogen-bond donors (Lipinski definition) is 0. The summed E-state index contributed by atoms with van der Waals surface area (Å²) in [5, 5.41) is 0. The first-order chi connectivity index (χ1) is 9.22. The summed E-state index contributed by atoms with van der Waals surface area (Å²) in [5.74, 6) is 1.48. The topological polar surface area (TPSA) is 35.5 Å². The first kappa shape index (κ1) is 13.3. The lowest BCUT2D eigenvalue weighted by Gasteiger charge is -2.09. The second-order valence-electron chi connectivity index (χ2n) is 4.32. The van der Waals surface area contributed by atoms with E-state index in [1.54, 1.807) is 19.2 Å². The summed E-state index contributed by atoms with van der Waals surface area (Å²) in [6.45, 7) is 2.44. The van der Waals surface area contributed by atoms with Crippen LogP contribution in [0.4, 0.5) is 0 Å². The third kappa shape index (κ3) is 3.42. The van der Waals surface area contributed by atoms with Crippen LogP contribution in [0.2, 0.25) is 0 Å². The molecule has 0 atom stereocenters. The largest absolute Gasteiger partial charge is 0.457 e. The molecule has 0 fully saturated rings. The van der Waals surface area contributed by atoms with Crippen LogP contribution in [0, 0.1) is 6.92 Å². The SMILES string of the molecule is COCc1cccc(Oc2ccc(C=O)c(C)c2)c1. The summed E-state index contributed by atoms with van der Waals surface area (Å²) < 4.78 is 10.9. The molecular weight excluding hydrogens is 240 g/mol. The van der Waals surface area contributed by atoms with Crippen molar-refractivity contribution in [2.45, 2.75) is 13.5 Å². The molecule has 0 saturated heterocycles. The van der Waals surface area contributed by atoms with Gasteiger partial charge in [0, 0.05) is 12.7 Å². The molecule has 0 aliphatic heterocycles. The average Bonchev–Trinajstić information content (AvgIpc) is 2.40. The number of aldehydes is 1. The highest BCUT2D eigenvalue weighted by Gasteiger charge is 2.02. The fourth-order valence-corrected chi connectivity index (χ4v) is 1.85. The molecule has 98 valence electrons. The Balaban J connectivity index is 2.18. The molecule has 0 aliphatic rings. The molecule has 0 radical (unpaired) electrons. The molecule has 2 aromatic carbocycles. The lowest BCUT2D eigenvalue weighted by atomic mass is 10.1. The van der Waals surface area contributed by atoms with E-state index in [0.29, 0.717) is 12.2 Å². The van der Waals surface area contributed by atoms with Gasteiger partial charge in [-0.15, -0.1) is 0 Å². The molecule has 3 heteroatoms. The summed E-state index contributed by atoms with van der Waals surface area (Å²) in [5.41, 5.74) is 2.64. The van der Waals surface area contributed by atoms with Gasteiger partial charge in [-0.3, -0.25) is 4.79 Å². The Morgan fingerprint density at radius 1 is 1.11 bits per heavy atom. The van der Waals surface area contributed by atoms with Gasteiger partial charge in [-0.25, -0.2) is 0 Å². The maximum atomic E-state index is 10.8. The van der Waals surface area contributed by atoms with Gasteiger partial charge in [0.2, 0.25) is 0 Å². The fourth-order valence-electron chi connectivity index (χ4n) is 1.85. The number of ether oxygens (including phenoxy) is 2. The molecule has 2 aromatic rings. The summed E-state index contributed by atoms with van der Waals surface area (Å²) in [4.78, 5) is 10.8. The van der Waals surface area contributed by atoms with Crippen molar-refractivity contribution in [3.8, 4) is 11.5 Å². The maximum Gasteiger partial charge on any atom is 0.150 e. The highest BCUT2D eigenvalue weighted by atomic mass is 16.5. The van der Waals surface area contributed by atoms with E-state index in [1.165, 1.54) is 0 Å². The molecule has 0 N–H and O–H groups in total. The monoisotopic (exact) mass is 256 g/mol. The van der Waals surface area contributed by atoms with Gasteiger partial charge in [0.25, 0.3) is 0 Å². The number of aryl methyl sites for hydroxylation is 1. The van der Waals surface area contributed by atoms with E-state index < -0.39 is 0 Å². The normalized spacial score (nSPS) is 10.2. The van der Waals surface area contributed by atoms with Crippen molar-refractivity contribution >= 4 is 6.29 Å². The Bertz CT molecular complexity index is 576. The molecule has 0 spiro atoms. The predicted molar refractivity (Wildman–Crippen MR) is 73.8 cm³/mol. The van der Waals surface area contributed by atoms with Gasteiger partial charge in [-0.2, -0.15) is 0 Å². The van der Waals surface area contributed by atoms with Crippen LogP contribution in [-0.4, -0.2) is 13.4 Å². The van der Waals surface area contributed by atoms with Crippen molar-refractivity contribution in [3.63, 3.8) is 0 Å².